The standard InChI is InChI=1S/C17H15NO2/c19-17(18(20)16-12-5-2-6-13-16)14-8-7-11-15-9-3-1-4-10-15/h1-14,20H. The number of rotatable bonds is 4. The summed E-state index contributed by atoms with van der Waals surface area (Å²) in [6.45, 7) is 0. The van der Waals surface area contributed by atoms with Gasteiger partial charge in [-0.2, -0.15) is 5.06 Å². The van der Waals surface area contributed by atoms with Crippen molar-refractivity contribution in [3.8, 4) is 0 Å². The van der Waals surface area contributed by atoms with Gasteiger partial charge in [-0.3, -0.25) is 10.0 Å². The molecule has 1 amide bonds. The number of hydrogen-bond acceptors (Lipinski definition) is 2. The Labute approximate surface area is 118 Å². The summed E-state index contributed by atoms with van der Waals surface area (Å²) >= 11 is 0. The van der Waals surface area contributed by atoms with Crippen molar-refractivity contribution in [1.29, 1.82) is 0 Å². The molecule has 2 rings (SSSR count). The number of benzene rings is 2. The molecule has 1 N–H and O–H groups in total. The highest BCUT2D eigenvalue weighted by Gasteiger charge is 2.08. The van der Waals surface area contributed by atoms with E-state index in [1.165, 1.54) is 6.08 Å². The lowest BCUT2D eigenvalue weighted by Gasteiger charge is -2.11. The summed E-state index contributed by atoms with van der Waals surface area (Å²) < 4.78 is 0. The monoisotopic (exact) mass is 265 g/mol. The molecule has 2 aromatic rings. The van der Waals surface area contributed by atoms with E-state index in [1.807, 2.05) is 42.5 Å². The van der Waals surface area contributed by atoms with Crippen LogP contribution in [0.25, 0.3) is 6.08 Å². The first-order valence-electron chi connectivity index (χ1n) is 6.25. The Morgan fingerprint density at radius 1 is 0.900 bits per heavy atom. The molecule has 0 spiro atoms. The molecule has 0 radical (unpaired) electrons. The SMILES string of the molecule is O=C(C=CC=Cc1ccccc1)N(O)c1ccccc1. The van der Waals surface area contributed by atoms with Crippen LogP contribution in [-0.4, -0.2) is 11.1 Å². The van der Waals surface area contributed by atoms with Crippen LogP contribution in [0.4, 0.5) is 5.69 Å². The quantitative estimate of drug-likeness (QED) is 0.396. The van der Waals surface area contributed by atoms with Crippen molar-refractivity contribution in [2.45, 2.75) is 0 Å². The zero-order chi connectivity index (χ0) is 14.2. The van der Waals surface area contributed by atoms with Gasteiger partial charge in [0.1, 0.15) is 0 Å². The van der Waals surface area contributed by atoms with Crippen LogP contribution in [0.1, 0.15) is 5.56 Å². The van der Waals surface area contributed by atoms with Gasteiger partial charge in [0.2, 0.25) is 0 Å². The fourth-order valence-electron chi connectivity index (χ4n) is 1.64. The maximum atomic E-state index is 11.7. The molecule has 0 aliphatic rings. The highest BCUT2D eigenvalue weighted by molar-refractivity contribution is 5.99. The van der Waals surface area contributed by atoms with Gasteiger partial charge in [0.25, 0.3) is 5.91 Å². The lowest BCUT2D eigenvalue weighted by Crippen LogP contribution is -2.24. The molecule has 0 bridgehead atoms. The fraction of sp³-hybridized carbons (Fsp3) is 0. The second kappa shape index (κ2) is 7.07. The number of hydrogen-bond donors (Lipinski definition) is 1. The fourth-order valence-corrected chi connectivity index (χ4v) is 1.64. The van der Waals surface area contributed by atoms with Crippen molar-refractivity contribution in [2.75, 3.05) is 5.06 Å². The third kappa shape index (κ3) is 3.93. The van der Waals surface area contributed by atoms with E-state index in [0.717, 1.165) is 5.56 Å². The molecule has 3 nitrogen and oxygen atoms in total. The van der Waals surface area contributed by atoms with Gasteiger partial charge < -0.3 is 0 Å². The Morgan fingerprint density at radius 2 is 1.50 bits per heavy atom. The molecule has 20 heavy (non-hydrogen) atoms. The predicted molar refractivity (Wildman–Crippen MR) is 80.3 cm³/mol. The maximum Gasteiger partial charge on any atom is 0.274 e. The highest BCUT2D eigenvalue weighted by atomic mass is 16.5. The number of anilines is 1. The van der Waals surface area contributed by atoms with Gasteiger partial charge in [-0.15, -0.1) is 0 Å². The topological polar surface area (TPSA) is 40.5 Å². The Kier molecular flexibility index (Phi) is 4.87. The summed E-state index contributed by atoms with van der Waals surface area (Å²) in [5, 5.41) is 10.3. The average molecular weight is 265 g/mol. The number of nitrogens with zero attached hydrogens (tertiary/aromatic N) is 1. The number of para-hydroxylation sites is 1. The third-order valence-corrected chi connectivity index (χ3v) is 2.65. The van der Waals surface area contributed by atoms with Gasteiger partial charge in [-0.1, -0.05) is 66.8 Å². The minimum Gasteiger partial charge on any atom is -0.281 e. The minimum atomic E-state index is -0.492. The molecule has 0 saturated carbocycles. The smallest absolute Gasteiger partial charge is 0.274 e. The van der Waals surface area contributed by atoms with Crippen LogP contribution in [0, 0.1) is 0 Å². The minimum absolute atomic E-state index is 0.439. The van der Waals surface area contributed by atoms with Gasteiger partial charge >= 0.3 is 0 Å². The van der Waals surface area contributed by atoms with Crippen LogP contribution in [-0.2, 0) is 4.79 Å². The molecule has 0 unspecified atom stereocenters. The molecular weight excluding hydrogens is 250 g/mol. The van der Waals surface area contributed by atoms with Crippen LogP contribution >= 0.6 is 0 Å². The summed E-state index contributed by atoms with van der Waals surface area (Å²) in [5.74, 6) is -0.492. The Bertz CT molecular complexity index is 603. The van der Waals surface area contributed by atoms with Crippen LogP contribution in [0.5, 0.6) is 0 Å². The first-order valence-corrected chi connectivity index (χ1v) is 6.25. The van der Waals surface area contributed by atoms with E-state index in [0.29, 0.717) is 10.8 Å². The van der Waals surface area contributed by atoms with Crippen LogP contribution < -0.4 is 5.06 Å². The molecule has 0 aromatic heterocycles. The molecule has 0 atom stereocenters. The molecule has 0 aliphatic heterocycles. The second-order valence-corrected chi connectivity index (χ2v) is 4.11. The van der Waals surface area contributed by atoms with E-state index in [9.17, 15) is 10.0 Å². The lowest BCUT2D eigenvalue weighted by atomic mass is 10.2. The highest BCUT2D eigenvalue weighted by Crippen LogP contribution is 2.11. The lowest BCUT2D eigenvalue weighted by molar-refractivity contribution is -0.118. The van der Waals surface area contributed by atoms with Crippen molar-refractivity contribution < 1.29 is 10.0 Å². The predicted octanol–water partition coefficient (Wildman–Crippen LogP) is 3.68. The van der Waals surface area contributed by atoms with Crippen LogP contribution in [0.2, 0.25) is 0 Å². The molecule has 3 heteroatoms. The Hall–Kier alpha value is -2.65. The second-order valence-electron chi connectivity index (χ2n) is 4.11. The van der Waals surface area contributed by atoms with Crippen molar-refractivity contribution in [3.05, 3.63) is 84.5 Å². The summed E-state index contributed by atoms with van der Waals surface area (Å²) in [7, 11) is 0. The van der Waals surface area contributed by atoms with E-state index >= 15 is 0 Å². The maximum absolute atomic E-state index is 11.7. The third-order valence-electron chi connectivity index (χ3n) is 2.65. The van der Waals surface area contributed by atoms with Crippen LogP contribution in [0.3, 0.4) is 0 Å². The van der Waals surface area contributed by atoms with Crippen LogP contribution in [0.15, 0.2) is 78.9 Å². The zero-order valence-corrected chi connectivity index (χ0v) is 10.9. The van der Waals surface area contributed by atoms with Gasteiger partial charge in [-0.25, -0.2) is 0 Å². The number of amides is 1. The molecule has 0 aliphatic carbocycles. The molecule has 2 aromatic carbocycles. The largest absolute Gasteiger partial charge is 0.281 e. The van der Waals surface area contributed by atoms with Gasteiger partial charge in [0.05, 0.1) is 5.69 Å². The van der Waals surface area contributed by atoms with Crippen molar-refractivity contribution in [3.63, 3.8) is 0 Å². The zero-order valence-electron chi connectivity index (χ0n) is 10.9. The number of hydroxylamine groups is 1. The van der Waals surface area contributed by atoms with Crippen molar-refractivity contribution in [1.82, 2.24) is 0 Å². The Morgan fingerprint density at radius 3 is 2.15 bits per heavy atom. The van der Waals surface area contributed by atoms with Gasteiger partial charge in [0.15, 0.2) is 0 Å². The van der Waals surface area contributed by atoms with E-state index in [2.05, 4.69) is 0 Å². The molecule has 0 heterocycles. The molecule has 0 fully saturated rings. The van der Waals surface area contributed by atoms with E-state index < -0.39 is 5.91 Å². The van der Waals surface area contributed by atoms with E-state index in [4.69, 9.17) is 0 Å². The molecular formula is C17H15NO2. The first-order chi connectivity index (χ1) is 9.77. The van der Waals surface area contributed by atoms with E-state index in [1.54, 1.807) is 36.4 Å². The normalized spacial score (nSPS) is 11.1. The van der Waals surface area contributed by atoms with Gasteiger partial charge in [-0.05, 0) is 17.7 Å². The summed E-state index contributed by atoms with van der Waals surface area (Å²) in [5.41, 5.74) is 1.49. The summed E-state index contributed by atoms with van der Waals surface area (Å²) in [6.07, 6.45) is 6.55. The van der Waals surface area contributed by atoms with Gasteiger partial charge in [0, 0.05) is 6.08 Å². The molecule has 0 saturated heterocycles. The Balaban J connectivity index is 1.94. The molecule has 100 valence electrons. The number of carbonyl (C=O) groups is 1. The van der Waals surface area contributed by atoms with Crippen molar-refractivity contribution in [2.24, 2.45) is 0 Å². The summed E-state index contributed by atoms with van der Waals surface area (Å²) in [4.78, 5) is 11.7. The first kappa shape index (κ1) is 13.8. The van der Waals surface area contributed by atoms with Crippen molar-refractivity contribution >= 4 is 17.7 Å². The number of allylic oxidation sites excluding steroid dienone is 2. The average Bonchev–Trinajstić information content (AvgIpc) is 2.52. The number of carbonyl (C=O) groups excluding carboxylic acids is 1. The van der Waals surface area contributed by atoms with E-state index in [-0.39, 0.29) is 0 Å². The summed E-state index contributed by atoms with van der Waals surface area (Å²) in [6, 6.07) is 18.4.